The van der Waals surface area contributed by atoms with Crippen molar-refractivity contribution in [1.82, 2.24) is 14.9 Å². The zero-order valence-corrected chi connectivity index (χ0v) is 12.9. The summed E-state index contributed by atoms with van der Waals surface area (Å²) in [5, 5.41) is 32.2. The molecule has 2 aromatic heterocycles. The molecule has 0 atom stereocenters. The van der Waals surface area contributed by atoms with Crippen LogP contribution < -0.4 is 16.2 Å². The normalized spacial score (nSPS) is 10.4. The van der Waals surface area contributed by atoms with E-state index in [1.54, 1.807) is 0 Å². The molecule has 11 heteroatoms. The Morgan fingerprint density at radius 2 is 1.84 bits per heavy atom. The predicted octanol–water partition coefficient (Wildman–Crippen LogP) is -1.05. The van der Waals surface area contributed by atoms with E-state index in [-0.39, 0.29) is 16.7 Å². The van der Waals surface area contributed by atoms with E-state index < -0.39 is 47.8 Å². The van der Waals surface area contributed by atoms with Crippen molar-refractivity contribution in [3.8, 4) is 5.75 Å². The number of amides is 1. The highest BCUT2D eigenvalue weighted by Gasteiger charge is 2.23. The number of carboxylic acids is 2. The molecule has 0 unspecified atom stereocenters. The standard InChI is InChI=1S/C14H14N4O7/c1-18-6-2-3-15-12(16-4-7(19)20)9(6)11(23)10(14(18)25)13(24)17-5-8(21)22/h2-3,23H,4-5H2,1H3,(H,15,16)(H,17,24)(H,19,20)(H,21,22). The van der Waals surface area contributed by atoms with E-state index in [0.717, 1.165) is 4.57 Å². The highest BCUT2D eigenvalue weighted by Crippen LogP contribution is 2.31. The van der Waals surface area contributed by atoms with Gasteiger partial charge >= 0.3 is 11.9 Å². The molecule has 132 valence electrons. The number of aliphatic carboxylic acids is 2. The number of nitrogens with one attached hydrogen (secondary N) is 2. The summed E-state index contributed by atoms with van der Waals surface area (Å²) in [5.41, 5.74) is -1.30. The number of rotatable bonds is 6. The van der Waals surface area contributed by atoms with Crippen LogP contribution in [0.1, 0.15) is 10.4 Å². The lowest BCUT2D eigenvalue weighted by Gasteiger charge is -2.14. The third kappa shape index (κ3) is 3.49. The minimum atomic E-state index is -1.32. The molecule has 1 amide bonds. The lowest BCUT2D eigenvalue weighted by Crippen LogP contribution is -2.35. The molecule has 11 nitrogen and oxygen atoms in total. The molecule has 0 aromatic carbocycles. The summed E-state index contributed by atoms with van der Waals surface area (Å²) in [6.07, 6.45) is 1.30. The number of carbonyl (C=O) groups is 3. The number of fused-ring (bicyclic) bond motifs is 1. The van der Waals surface area contributed by atoms with Crippen molar-refractivity contribution in [2.24, 2.45) is 7.05 Å². The van der Waals surface area contributed by atoms with Crippen LogP contribution in [-0.2, 0) is 16.6 Å². The van der Waals surface area contributed by atoms with Gasteiger partial charge in [-0.2, -0.15) is 0 Å². The third-order valence-corrected chi connectivity index (χ3v) is 3.32. The highest BCUT2D eigenvalue weighted by atomic mass is 16.4. The lowest BCUT2D eigenvalue weighted by molar-refractivity contribution is -0.136. The Balaban J connectivity index is 2.65. The highest BCUT2D eigenvalue weighted by molar-refractivity contribution is 6.06. The number of aryl methyl sites for hydroxylation is 1. The number of carbonyl (C=O) groups excluding carboxylic acids is 1. The van der Waals surface area contributed by atoms with Gasteiger partial charge in [-0.3, -0.25) is 19.2 Å². The SMILES string of the molecule is Cn1c(=O)c(C(=O)NCC(=O)O)c(O)c2c(NCC(=O)O)nccc21. The number of aromatic nitrogens is 2. The van der Waals surface area contributed by atoms with Crippen LogP contribution in [0.4, 0.5) is 5.82 Å². The molecule has 25 heavy (non-hydrogen) atoms. The molecule has 0 saturated carbocycles. The van der Waals surface area contributed by atoms with Crippen molar-refractivity contribution in [2.45, 2.75) is 0 Å². The number of pyridine rings is 2. The summed E-state index contributed by atoms with van der Waals surface area (Å²) in [6.45, 7) is -1.24. The average molecular weight is 350 g/mol. The van der Waals surface area contributed by atoms with Crippen LogP contribution in [0.15, 0.2) is 17.1 Å². The zero-order chi connectivity index (χ0) is 18.7. The van der Waals surface area contributed by atoms with Crippen molar-refractivity contribution >= 4 is 34.6 Å². The predicted molar refractivity (Wildman–Crippen MR) is 84.7 cm³/mol. The molecule has 0 bridgehead atoms. The lowest BCUT2D eigenvalue weighted by atomic mass is 10.1. The maximum Gasteiger partial charge on any atom is 0.322 e. The van der Waals surface area contributed by atoms with E-state index in [0.29, 0.717) is 0 Å². The summed E-state index contributed by atoms with van der Waals surface area (Å²) < 4.78 is 1.07. The zero-order valence-electron chi connectivity index (χ0n) is 12.9. The molecule has 5 N–H and O–H groups in total. The average Bonchev–Trinajstić information content (AvgIpc) is 2.55. The molecule has 0 radical (unpaired) electrons. The smallest absolute Gasteiger partial charge is 0.322 e. The molecule has 0 spiro atoms. The molecule has 0 aliphatic carbocycles. The van der Waals surface area contributed by atoms with Gasteiger partial charge in [0, 0.05) is 13.2 Å². The van der Waals surface area contributed by atoms with Gasteiger partial charge in [0.05, 0.1) is 10.9 Å². The van der Waals surface area contributed by atoms with Crippen LogP contribution in [0, 0.1) is 0 Å². The number of hydrogen-bond donors (Lipinski definition) is 5. The Bertz CT molecular complexity index is 935. The van der Waals surface area contributed by atoms with Crippen LogP contribution in [0.25, 0.3) is 10.9 Å². The van der Waals surface area contributed by atoms with Gasteiger partial charge in [-0.1, -0.05) is 0 Å². The summed E-state index contributed by atoms with van der Waals surface area (Å²) in [6, 6.07) is 1.40. The summed E-state index contributed by atoms with van der Waals surface area (Å²) in [7, 11) is 1.35. The van der Waals surface area contributed by atoms with Crippen molar-refractivity contribution in [3.63, 3.8) is 0 Å². The molecule has 0 aliphatic heterocycles. The van der Waals surface area contributed by atoms with E-state index in [1.807, 2.05) is 5.32 Å². The summed E-state index contributed by atoms with van der Waals surface area (Å²) >= 11 is 0. The van der Waals surface area contributed by atoms with Gasteiger partial charge in [-0.05, 0) is 6.07 Å². The first-order valence-corrected chi connectivity index (χ1v) is 6.90. The monoisotopic (exact) mass is 350 g/mol. The molecule has 0 aliphatic rings. The first-order chi connectivity index (χ1) is 11.7. The van der Waals surface area contributed by atoms with Gasteiger partial charge in [-0.15, -0.1) is 0 Å². The molecular formula is C14H14N4O7. The second kappa shape index (κ2) is 6.86. The Hall–Kier alpha value is -3.63. The van der Waals surface area contributed by atoms with Crippen molar-refractivity contribution in [3.05, 3.63) is 28.2 Å². The van der Waals surface area contributed by atoms with E-state index in [1.165, 1.54) is 19.3 Å². The quantitative estimate of drug-likeness (QED) is 0.436. The van der Waals surface area contributed by atoms with Gasteiger partial charge < -0.3 is 30.5 Å². The Morgan fingerprint density at radius 1 is 1.20 bits per heavy atom. The number of nitrogens with zero attached hydrogens (tertiary/aromatic N) is 2. The van der Waals surface area contributed by atoms with Gasteiger partial charge in [0.25, 0.3) is 11.5 Å². The van der Waals surface area contributed by atoms with E-state index in [9.17, 15) is 24.3 Å². The van der Waals surface area contributed by atoms with E-state index >= 15 is 0 Å². The van der Waals surface area contributed by atoms with Crippen LogP contribution in [0.2, 0.25) is 0 Å². The Morgan fingerprint density at radius 3 is 2.44 bits per heavy atom. The second-order valence-electron chi connectivity index (χ2n) is 4.97. The Kier molecular flexibility index (Phi) is 4.86. The van der Waals surface area contributed by atoms with Crippen LogP contribution in [0.5, 0.6) is 5.75 Å². The molecule has 2 heterocycles. The van der Waals surface area contributed by atoms with E-state index in [4.69, 9.17) is 10.2 Å². The topological polar surface area (TPSA) is 171 Å². The van der Waals surface area contributed by atoms with Crippen LogP contribution >= 0.6 is 0 Å². The fourth-order valence-corrected chi connectivity index (χ4v) is 2.21. The van der Waals surface area contributed by atoms with Gasteiger partial charge in [0.2, 0.25) is 0 Å². The number of anilines is 1. The number of carboxylic acid groups (broad SMARTS) is 2. The fraction of sp³-hybridized carbons (Fsp3) is 0.214. The molecule has 2 aromatic rings. The fourth-order valence-electron chi connectivity index (χ4n) is 2.21. The minimum absolute atomic E-state index is 0.0358. The van der Waals surface area contributed by atoms with Gasteiger partial charge in [0.15, 0.2) is 0 Å². The van der Waals surface area contributed by atoms with Crippen molar-refractivity contribution in [1.29, 1.82) is 0 Å². The molecule has 2 rings (SSSR count). The molecule has 0 saturated heterocycles. The maximum atomic E-state index is 12.3. The minimum Gasteiger partial charge on any atom is -0.506 e. The second-order valence-corrected chi connectivity index (χ2v) is 4.97. The molecule has 0 fully saturated rings. The maximum absolute atomic E-state index is 12.3. The molecular weight excluding hydrogens is 336 g/mol. The number of hydrogen-bond acceptors (Lipinski definition) is 7. The van der Waals surface area contributed by atoms with Crippen molar-refractivity contribution in [2.75, 3.05) is 18.4 Å². The largest absolute Gasteiger partial charge is 0.506 e. The summed E-state index contributed by atoms with van der Waals surface area (Å²) in [4.78, 5) is 49.6. The summed E-state index contributed by atoms with van der Waals surface area (Å²) in [5.74, 6) is -4.34. The number of aromatic hydroxyl groups is 1. The van der Waals surface area contributed by atoms with Gasteiger partial charge in [-0.25, -0.2) is 4.98 Å². The third-order valence-electron chi connectivity index (χ3n) is 3.32. The van der Waals surface area contributed by atoms with E-state index in [2.05, 4.69) is 10.3 Å². The van der Waals surface area contributed by atoms with Crippen LogP contribution in [-0.4, -0.2) is 55.8 Å². The first kappa shape index (κ1) is 17.7. The van der Waals surface area contributed by atoms with Crippen LogP contribution in [0.3, 0.4) is 0 Å². The Labute approximate surface area is 139 Å². The van der Waals surface area contributed by atoms with Gasteiger partial charge in [0.1, 0.15) is 30.2 Å². The van der Waals surface area contributed by atoms with Crippen molar-refractivity contribution < 1.29 is 29.7 Å². The first-order valence-electron chi connectivity index (χ1n) is 6.90.